The summed E-state index contributed by atoms with van der Waals surface area (Å²) in [4.78, 5) is 14.2. The summed E-state index contributed by atoms with van der Waals surface area (Å²) in [7, 11) is 0. The van der Waals surface area contributed by atoms with E-state index in [1.807, 2.05) is 0 Å². The topological polar surface area (TPSA) is 44.4 Å². The van der Waals surface area contributed by atoms with Crippen LogP contribution in [0, 0.1) is 5.92 Å². The molecule has 2 fully saturated rings. The van der Waals surface area contributed by atoms with Crippen molar-refractivity contribution in [2.45, 2.75) is 32.2 Å². The molecule has 108 valence electrons. The predicted molar refractivity (Wildman–Crippen MR) is 78.8 cm³/mol. The smallest absolute Gasteiger partial charge is 0.237 e. The summed E-state index contributed by atoms with van der Waals surface area (Å²) in [6.07, 6.45) is 3.36. The number of nitrogens with one attached hydrogen (secondary N) is 2. The molecule has 0 saturated carbocycles. The van der Waals surface area contributed by atoms with E-state index in [0.29, 0.717) is 5.92 Å². The molecule has 2 rings (SSSR count). The summed E-state index contributed by atoms with van der Waals surface area (Å²) in [5, 5.41) is 6.31. The Balaban J connectivity index is 0.00000144. The normalized spacial score (nSPS) is 27.4. The van der Waals surface area contributed by atoms with Crippen LogP contribution in [0.4, 0.5) is 0 Å². The van der Waals surface area contributed by atoms with E-state index in [0.717, 1.165) is 39.0 Å². The molecular formula is C12H25Cl2N3O. The second kappa shape index (κ2) is 8.97. The number of carbonyl (C=O) groups is 1. The Hall–Kier alpha value is -0.0300. The van der Waals surface area contributed by atoms with Gasteiger partial charge in [-0.3, -0.25) is 4.79 Å². The van der Waals surface area contributed by atoms with E-state index in [9.17, 15) is 4.79 Å². The van der Waals surface area contributed by atoms with Crippen molar-refractivity contribution in [1.29, 1.82) is 0 Å². The summed E-state index contributed by atoms with van der Waals surface area (Å²) in [6, 6.07) is 0.0729. The first-order chi connectivity index (χ1) is 7.79. The van der Waals surface area contributed by atoms with Gasteiger partial charge in [-0.05, 0) is 44.8 Å². The van der Waals surface area contributed by atoms with Gasteiger partial charge in [0.2, 0.25) is 5.91 Å². The summed E-state index contributed by atoms with van der Waals surface area (Å²) < 4.78 is 0. The Labute approximate surface area is 122 Å². The van der Waals surface area contributed by atoms with Crippen molar-refractivity contribution in [3.63, 3.8) is 0 Å². The average molecular weight is 298 g/mol. The standard InChI is InChI=1S/C12H23N3O.2ClH/c1-2-15-7-5-10(9-15)8-14-12(16)11-4-3-6-13-11;;/h10-11,13H,2-9H2,1H3,(H,14,16);2*1H/t10?,11-;;/m0../s1. The SMILES string of the molecule is CCN1CCC(CNC(=O)[C@@H]2CCCN2)C1.Cl.Cl. The number of hydrogen-bond donors (Lipinski definition) is 2. The first kappa shape index (κ1) is 18.0. The Morgan fingerprint density at radius 3 is 2.72 bits per heavy atom. The van der Waals surface area contributed by atoms with Gasteiger partial charge in [-0.2, -0.15) is 0 Å². The largest absolute Gasteiger partial charge is 0.354 e. The van der Waals surface area contributed by atoms with Gasteiger partial charge >= 0.3 is 0 Å². The van der Waals surface area contributed by atoms with Gasteiger partial charge in [0.15, 0.2) is 0 Å². The molecular weight excluding hydrogens is 273 g/mol. The van der Waals surface area contributed by atoms with E-state index >= 15 is 0 Å². The van der Waals surface area contributed by atoms with Crippen molar-refractivity contribution in [3.8, 4) is 0 Å². The molecule has 6 heteroatoms. The van der Waals surface area contributed by atoms with Crippen LogP contribution >= 0.6 is 24.8 Å². The fourth-order valence-corrected chi connectivity index (χ4v) is 2.64. The number of amides is 1. The van der Waals surface area contributed by atoms with Crippen LogP contribution in [0.3, 0.4) is 0 Å². The number of rotatable bonds is 4. The molecule has 1 amide bonds. The van der Waals surface area contributed by atoms with Crippen molar-refractivity contribution in [2.75, 3.05) is 32.7 Å². The van der Waals surface area contributed by atoms with Crippen LogP contribution < -0.4 is 10.6 Å². The zero-order chi connectivity index (χ0) is 11.4. The van der Waals surface area contributed by atoms with Crippen molar-refractivity contribution in [2.24, 2.45) is 5.92 Å². The second-order valence-corrected chi connectivity index (χ2v) is 4.94. The van der Waals surface area contributed by atoms with Gasteiger partial charge in [0.05, 0.1) is 6.04 Å². The fraction of sp³-hybridized carbons (Fsp3) is 0.917. The van der Waals surface area contributed by atoms with E-state index in [1.54, 1.807) is 0 Å². The van der Waals surface area contributed by atoms with Crippen molar-refractivity contribution >= 4 is 30.7 Å². The molecule has 1 unspecified atom stereocenters. The molecule has 0 radical (unpaired) electrons. The highest BCUT2D eigenvalue weighted by atomic mass is 35.5. The minimum Gasteiger partial charge on any atom is -0.354 e. The molecule has 0 bridgehead atoms. The highest BCUT2D eigenvalue weighted by Crippen LogP contribution is 2.14. The van der Waals surface area contributed by atoms with Crippen molar-refractivity contribution < 1.29 is 4.79 Å². The van der Waals surface area contributed by atoms with Crippen LogP contribution in [-0.2, 0) is 4.79 Å². The highest BCUT2D eigenvalue weighted by Gasteiger charge is 2.25. The first-order valence-corrected chi connectivity index (χ1v) is 6.53. The number of halogens is 2. The van der Waals surface area contributed by atoms with Crippen molar-refractivity contribution in [1.82, 2.24) is 15.5 Å². The fourth-order valence-electron chi connectivity index (χ4n) is 2.64. The van der Waals surface area contributed by atoms with Gasteiger partial charge in [0.25, 0.3) is 0 Å². The summed E-state index contributed by atoms with van der Waals surface area (Å²) >= 11 is 0. The predicted octanol–water partition coefficient (Wildman–Crippen LogP) is 1.04. The maximum atomic E-state index is 11.8. The molecule has 18 heavy (non-hydrogen) atoms. The molecule has 2 heterocycles. The lowest BCUT2D eigenvalue weighted by atomic mass is 10.1. The highest BCUT2D eigenvalue weighted by molar-refractivity contribution is 5.85. The van der Waals surface area contributed by atoms with Crippen LogP contribution in [0.5, 0.6) is 0 Å². The van der Waals surface area contributed by atoms with E-state index in [2.05, 4.69) is 22.5 Å². The van der Waals surface area contributed by atoms with Crippen LogP contribution in [0.1, 0.15) is 26.2 Å². The Morgan fingerprint density at radius 1 is 1.39 bits per heavy atom. The molecule has 2 N–H and O–H groups in total. The Kier molecular flexibility index (Phi) is 8.95. The lowest BCUT2D eigenvalue weighted by molar-refractivity contribution is -0.122. The molecule has 0 aromatic rings. The molecule has 2 aliphatic heterocycles. The van der Waals surface area contributed by atoms with Crippen LogP contribution in [-0.4, -0.2) is 49.6 Å². The van der Waals surface area contributed by atoms with E-state index < -0.39 is 0 Å². The van der Waals surface area contributed by atoms with Gasteiger partial charge in [0, 0.05) is 13.1 Å². The maximum Gasteiger partial charge on any atom is 0.237 e. The van der Waals surface area contributed by atoms with Gasteiger partial charge in [-0.15, -0.1) is 24.8 Å². The monoisotopic (exact) mass is 297 g/mol. The van der Waals surface area contributed by atoms with E-state index in [-0.39, 0.29) is 36.8 Å². The third-order valence-electron chi connectivity index (χ3n) is 3.76. The molecule has 0 aromatic carbocycles. The van der Waals surface area contributed by atoms with E-state index in [1.165, 1.54) is 13.0 Å². The van der Waals surface area contributed by atoms with Crippen molar-refractivity contribution in [3.05, 3.63) is 0 Å². The molecule has 4 nitrogen and oxygen atoms in total. The summed E-state index contributed by atoms with van der Waals surface area (Å²) in [6.45, 7) is 7.52. The van der Waals surface area contributed by atoms with Gasteiger partial charge in [-0.1, -0.05) is 6.92 Å². The molecule has 2 saturated heterocycles. The quantitative estimate of drug-likeness (QED) is 0.815. The van der Waals surface area contributed by atoms with Gasteiger partial charge < -0.3 is 15.5 Å². The lowest BCUT2D eigenvalue weighted by Gasteiger charge is -2.15. The zero-order valence-corrected chi connectivity index (χ0v) is 12.6. The molecule has 0 aliphatic carbocycles. The zero-order valence-electron chi connectivity index (χ0n) is 11.0. The van der Waals surface area contributed by atoms with E-state index in [4.69, 9.17) is 0 Å². The third kappa shape index (κ3) is 4.92. The number of carbonyl (C=O) groups excluding carboxylic acids is 1. The lowest BCUT2D eigenvalue weighted by Crippen LogP contribution is -2.42. The molecule has 2 atom stereocenters. The van der Waals surface area contributed by atoms with Crippen LogP contribution in [0.15, 0.2) is 0 Å². The summed E-state index contributed by atoms with van der Waals surface area (Å²) in [5.74, 6) is 0.859. The van der Waals surface area contributed by atoms with Crippen LogP contribution in [0.25, 0.3) is 0 Å². The first-order valence-electron chi connectivity index (χ1n) is 6.53. The number of likely N-dealkylation sites (tertiary alicyclic amines) is 1. The minimum absolute atomic E-state index is 0. The maximum absolute atomic E-state index is 11.8. The minimum atomic E-state index is 0. The number of hydrogen-bond acceptors (Lipinski definition) is 3. The Bertz CT molecular complexity index is 247. The number of nitrogens with zero attached hydrogens (tertiary/aromatic N) is 1. The molecule has 0 spiro atoms. The second-order valence-electron chi connectivity index (χ2n) is 4.94. The summed E-state index contributed by atoms with van der Waals surface area (Å²) in [5.41, 5.74) is 0. The van der Waals surface area contributed by atoms with Gasteiger partial charge in [-0.25, -0.2) is 0 Å². The third-order valence-corrected chi connectivity index (χ3v) is 3.76. The Morgan fingerprint density at radius 2 is 2.17 bits per heavy atom. The van der Waals surface area contributed by atoms with Gasteiger partial charge in [0.1, 0.15) is 0 Å². The molecule has 0 aromatic heterocycles. The van der Waals surface area contributed by atoms with Crippen LogP contribution in [0.2, 0.25) is 0 Å². The molecule has 2 aliphatic rings. The average Bonchev–Trinajstić information content (AvgIpc) is 2.96.